The lowest BCUT2D eigenvalue weighted by Crippen LogP contribution is -2.14. The molecular weight excluding hydrogens is 366 g/mol. The summed E-state index contributed by atoms with van der Waals surface area (Å²) in [7, 11) is 0. The number of hydrogen-bond acceptors (Lipinski definition) is 6. The SMILES string of the molecule is CCC(=O)OCCOCCOCCOc1cc(=S)n(CC)c2ccccc12. The van der Waals surface area contributed by atoms with E-state index in [2.05, 4.69) is 11.5 Å². The van der Waals surface area contributed by atoms with Crippen LogP contribution in [0.1, 0.15) is 20.3 Å². The summed E-state index contributed by atoms with van der Waals surface area (Å²) in [4.78, 5) is 11.0. The maximum atomic E-state index is 11.0. The lowest BCUT2D eigenvalue weighted by Gasteiger charge is -2.14. The summed E-state index contributed by atoms with van der Waals surface area (Å²) >= 11 is 5.46. The first-order chi connectivity index (χ1) is 13.2. The van der Waals surface area contributed by atoms with E-state index in [4.69, 9.17) is 31.2 Å². The van der Waals surface area contributed by atoms with E-state index in [0.29, 0.717) is 39.5 Å². The van der Waals surface area contributed by atoms with Gasteiger partial charge in [-0.25, -0.2) is 0 Å². The van der Waals surface area contributed by atoms with Crippen LogP contribution in [-0.4, -0.2) is 50.2 Å². The Bertz CT molecular complexity index is 790. The first-order valence-corrected chi connectivity index (χ1v) is 9.64. The van der Waals surface area contributed by atoms with Crippen LogP contribution in [0.15, 0.2) is 30.3 Å². The molecule has 0 fully saturated rings. The standard InChI is InChI=1S/C20H27NO5S/c1-3-20(22)26-14-12-24-10-9-23-11-13-25-18-15-19(27)21(4-2)17-8-6-5-7-16(17)18/h5-8,15H,3-4,9-14H2,1-2H3. The Kier molecular flexibility index (Phi) is 9.24. The molecular formula is C20H27NO5S. The number of pyridine rings is 1. The predicted octanol–water partition coefficient (Wildman–Crippen LogP) is 3.76. The molecule has 0 aliphatic rings. The van der Waals surface area contributed by atoms with E-state index >= 15 is 0 Å². The average Bonchev–Trinajstić information content (AvgIpc) is 2.69. The average molecular weight is 394 g/mol. The topological polar surface area (TPSA) is 58.9 Å². The van der Waals surface area contributed by atoms with Crippen LogP contribution < -0.4 is 4.74 Å². The summed E-state index contributed by atoms with van der Waals surface area (Å²) in [6, 6.07) is 9.96. The molecule has 0 spiro atoms. The van der Waals surface area contributed by atoms with Crippen molar-refractivity contribution in [1.29, 1.82) is 0 Å². The van der Waals surface area contributed by atoms with Crippen molar-refractivity contribution in [2.24, 2.45) is 0 Å². The quantitative estimate of drug-likeness (QED) is 0.311. The highest BCUT2D eigenvalue weighted by Gasteiger charge is 2.06. The Hall–Kier alpha value is -1.96. The number of ether oxygens (including phenoxy) is 4. The van der Waals surface area contributed by atoms with Gasteiger partial charge in [0.1, 0.15) is 23.6 Å². The molecule has 27 heavy (non-hydrogen) atoms. The second kappa shape index (κ2) is 11.7. The molecule has 0 bridgehead atoms. The van der Waals surface area contributed by atoms with Crippen molar-refractivity contribution in [2.75, 3.05) is 39.6 Å². The number of aryl methyl sites for hydroxylation is 1. The fourth-order valence-corrected chi connectivity index (χ4v) is 2.93. The van der Waals surface area contributed by atoms with E-state index in [1.165, 1.54) is 0 Å². The van der Waals surface area contributed by atoms with Gasteiger partial charge in [-0.15, -0.1) is 0 Å². The first-order valence-electron chi connectivity index (χ1n) is 9.23. The normalized spacial score (nSPS) is 10.9. The molecule has 0 N–H and O–H groups in total. The van der Waals surface area contributed by atoms with E-state index in [-0.39, 0.29) is 12.6 Å². The Morgan fingerprint density at radius 2 is 1.67 bits per heavy atom. The predicted molar refractivity (Wildman–Crippen MR) is 107 cm³/mol. The zero-order valence-electron chi connectivity index (χ0n) is 15.9. The summed E-state index contributed by atoms with van der Waals surface area (Å²) in [5, 5.41) is 1.04. The molecule has 6 nitrogen and oxygen atoms in total. The molecule has 0 saturated carbocycles. The fourth-order valence-electron chi connectivity index (χ4n) is 2.60. The minimum atomic E-state index is -0.216. The van der Waals surface area contributed by atoms with Crippen molar-refractivity contribution in [1.82, 2.24) is 4.57 Å². The molecule has 1 heterocycles. The maximum absolute atomic E-state index is 11.0. The molecule has 0 saturated heterocycles. The number of fused-ring (bicyclic) bond motifs is 1. The largest absolute Gasteiger partial charge is 0.490 e. The molecule has 2 aromatic rings. The molecule has 0 aliphatic heterocycles. The van der Waals surface area contributed by atoms with Gasteiger partial charge < -0.3 is 23.5 Å². The van der Waals surface area contributed by atoms with Gasteiger partial charge in [-0.05, 0) is 19.1 Å². The van der Waals surface area contributed by atoms with Gasteiger partial charge in [-0.3, -0.25) is 4.79 Å². The third-order valence-electron chi connectivity index (χ3n) is 3.93. The fraction of sp³-hybridized carbons (Fsp3) is 0.500. The highest BCUT2D eigenvalue weighted by molar-refractivity contribution is 7.71. The minimum absolute atomic E-state index is 0.216. The Morgan fingerprint density at radius 3 is 2.37 bits per heavy atom. The van der Waals surface area contributed by atoms with Gasteiger partial charge in [0.15, 0.2) is 0 Å². The van der Waals surface area contributed by atoms with E-state index in [1.807, 2.05) is 30.3 Å². The number of hydrogen-bond donors (Lipinski definition) is 0. The Morgan fingerprint density at radius 1 is 1.00 bits per heavy atom. The van der Waals surface area contributed by atoms with Gasteiger partial charge in [0.25, 0.3) is 0 Å². The third kappa shape index (κ3) is 6.61. The molecule has 2 rings (SSSR count). The smallest absolute Gasteiger partial charge is 0.305 e. The molecule has 0 atom stereocenters. The number of carbonyl (C=O) groups excluding carboxylic acids is 1. The lowest BCUT2D eigenvalue weighted by atomic mass is 10.2. The van der Waals surface area contributed by atoms with E-state index in [1.54, 1.807) is 6.92 Å². The molecule has 7 heteroatoms. The summed E-state index contributed by atoms with van der Waals surface area (Å²) < 4.78 is 24.5. The second-order valence-electron chi connectivity index (χ2n) is 5.76. The second-order valence-corrected chi connectivity index (χ2v) is 6.17. The van der Waals surface area contributed by atoms with Crippen LogP contribution in [0.4, 0.5) is 0 Å². The monoisotopic (exact) mass is 393 g/mol. The van der Waals surface area contributed by atoms with Gasteiger partial charge in [0.05, 0.1) is 31.9 Å². The Balaban J connectivity index is 1.69. The number of rotatable bonds is 12. The van der Waals surface area contributed by atoms with E-state index in [0.717, 1.165) is 27.8 Å². The van der Waals surface area contributed by atoms with Crippen LogP contribution in [0.2, 0.25) is 0 Å². The van der Waals surface area contributed by atoms with Gasteiger partial charge in [-0.1, -0.05) is 31.3 Å². The van der Waals surface area contributed by atoms with E-state index in [9.17, 15) is 4.79 Å². The Labute approximate surface area is 165 Å². The lowest BCUT2D eigenvalue weighted by molar-refractivity contribution is -0.144. The summed E-state index contributed by atoms with van der Waals surface area (Å²) in [6.45, 7) is 7.11. The third-order valence-corrected chi connectivity index (χ3v) is 4.27. The molecule has 0 aliphatic carbocycles. The molecule has 0 unspecified atom stereocenters. The molecule has 1 aromatic heterocycles. The van der Waals surface area contributed by atoms with Crippen LogP contribution in [0.25, 0.3) is 10.9 Å². The molecule has 0 radical (unpaired) electrons. The highest BCUT2D eigenvalue weighted by Crippen LogP contribution is 2.26. The highest BCUT2D eigenvalue weighted by atomic mass is 32.1. The van der Waals surface area contributed by atoms with Crippen molar-refractivity contribution in [3.05, 3.63) is 35.0 Å². The summed E-state index contributed by atoms with van der Waals surface area (Å²) in [6.07, 6.45) is 0.380. The van der Waals surface area contributed by atoms with Gasteiger partial charge >= 0.3 is 5.97 Å². The van der Waals surface area contributed by atoms with Crippen molar-refractivity contribution < 1.29 is 23.7 Å². The van der Waals surface area contributed by atoms with Crippen molar-refractivity contribution >= 4 is 29.1 Å². The zero-order valence-corrected chi connectivity index (χ0v) is 16.8. The maximum Gasteiger partial charge on any atom is 0.305 e. The summed E-state index contributed by atoms with van der Waals surface area (Å²) in [5.74, 6) is 0.560. The van der Waals surface area contributed by atoms with Crippen LogP contribution in [-0.2, 0) is 25.5 Å². The van der Waals surface area contributed by atoms with Crippen LogP contribution in [0, 0.1) is 4.64 Å². The molecule has 1 aromatic carbocycles. The van der Waals surface area contributed by atoms with Gasteiger partial charge in [0.2, 0.25) is 0 Å². The van der Waals surface area contributed by atoms with Crippen LogP contribution in [0.3, 0.4) is 0 Å². The van der Waals surface area contributed by atoms with Gasteiger partial charge in [0, 0.05) is 24.4 Å². The number of para-hydroxylation sites is 1. The van der Waals surface area contributed by atoms with Crippen LogP contribution >= 0.6 is 12.2 Å². The van der Waals surface area contributed by atoms with Gasteiger partial charge in [-0.2, -0.15) is 0 Å². The molecule has 148 valence electrons. The van der Waals surface area contributed by atoms with E-state index < -0.39 is 0 Å². The first kappa shape index (κ1) is 21.3. The summed E-state index contributed by atoms with van der Waals surface area (Å²) in [5.41, 5.74) is 1.07. The number of esters is 1. The zero-order chi connectivity index (χ0) is 19.5. The van der Waals surface area contributed by atoms with Crippen molar-refractivity contribution in [2.45, 2.75) is 26.8 Å². The number of carbonyl (C=O) groups is 1. The minimum Gasteiger partial charge on any atom is -0.490 e. The van der Waals surface area contributed by atoms with Crippen LogP contribution in [0.5, 0.6) is 5.75 Å². The number of nitrogens with zero attached hydrogens (tertiary/aromatic N) is 1. The number of aromatic nitrogens is 1. The molecule has 0 amide bonds. The van der Waals surface area contributed by atoms with Crippen molar-refractivity contribution in [3.8, 4) is 5.75 Å². The van der Waals surface area contributed by atoms with Crippen molar-refractivity contribution in [3.63, 3.8) is 0 Å². The number of benzene rings is 1.